The summed E-state index contributed by atoms with van der Waals surface area (Å²) in [6.45, 7) is -0.120. The molecule has 0 aliphatic heterocycles. The summed E-state index contributed by atoms with van der Waals surface area (Å²) in [5.41, 5.74) is 1.66. The summed E-state index contributed by atoms with van der Waals surface area (Å²) in [7, 11) is 0. The van der Waals surface area contributed by atoms with Gasteiger partial charge in [-0.3, -0.25) is 0 Å². The van der Waals surface area contributed by atoms with Crippen LogP contribution >= 0.6 is 0 Å². The largest absolute Gasteiger partial charge is 0.392 e. The summed E-state index contributed by atoms with van der Waals surface area (Å²) < 4.78 is 27.8. The SMILES string of the molecule is OCc1cccc(CNCC(F)(F)c2ccccc2)c1. The fraction of sp³-hybridized carbons (Fsp3) is 0.250. The van der Waals surface area contributed by atoms with Crippen LogP contribution < -0.4 is 5.32 Å². The number of aliphatic hydroxyl groups is 1. The van der Waals surface area contributed by atoms with Crippen molar-refractivity contribution in [1.29, 1.82) is 0 Å². The first-order valence-corrected chi connectivity index (χ1v) is 6.44. The van der Waals surface area contributed by atoms with Gasteiger partial charge in [-0.15, -0.1) is 0 Å². The predicted molar refractivity (Wildman–Crippen MR) is 74.4 cm³/mol. The Hall–Kier alpha value is -1.78. The predicted octanol–water partition coefficient (Wildman–Crippen LogP) is 3.06. The van der Waals surface area contributed by atoms with Crippen LogP contribution in [0.1, 0.15) is 16.7 Å². The van der Waals surface area contributed by atoms with Crippen molar-refractivity contribution < 1.29 is 13.9 Å². The maximum absolute atomic E-state index is 13.9. The molecule has 2 rings (SSSR count). The average molecular weight is 277 g/mol. The Morgan fingerprint density at radius 2 is 1.65 bits per heavy atom. The van der Waals surface area contributed by atoms with Crippen molar-refractivity contribution >= 4 is 0 Å². The molecule has 2 aromatic carbocycles. The normalized spacial score (nSPS) is 11.6. The fourth-order valence-electron chi connectivity index (χ4n) is 1.99. The Labute approximate surface area is 117 Å². The van der Waals surface area contributed by atoms with E-state index < -0.39 is 12.5 Å². The topological polar surface area (TPSA) is 32.3 Å². The first kappa shape index (κ1) is 14.6. The molecule has 0 spiro atoms. The van der Waals surface area contributed by atoms with E-state index in [4.69, 9.17) is 5.11 Å². The Morgan fingerprint density at radius 1 is 0.950 bits per heavy atom. The second kappa shape index (κ2) is 6.59. The molecule has 20 heavy (non-hydrogen) atoms. The van der Waals surface area contributed by atoms with Gasteiger partial charge in [-0.1, -0.05) is 54.6 Å². The summed E-state index contributed by atoms with van der Waals surface area (Å²) in [4.78, 5) is 0. The Bertz CT molecular complexity index is 543. The van der Waals surface area contributed by atoms with Gasteiger partial charge in [-0.25, -0.2) is 0 Å². The number of aliphatic hydroxyl groups excluding tert-OH is 1. The molecule has 106 valence electrons. The molecule has 0 heterocycles. The first-order valence-electron chi connectivity index (χ1n) is 6.44. The highest BCUT2D eigenvalue weighted by atomic mass is 19.3. The van der Waals surface area contributed by atoms with E-state index in [9.17, 15) is 8.78 Å². The molecular weight excluding hydrogens is 260 g/mol. The van der Waals surface area contributed by atoms with Crippen molar-refractivity contribution in [3.05, 3.63) is 71.3 Å². The average Bonchev–Trinajstić information content (AvgIpc) is 2.48. The summed E-state index contributed by atoms with van der Waals surface area (Å²) in [5, 5.41) is 11.8. The van der Waals surface area contributed by atoms with Gasteiger partial charge in [-0.05, 0) is 11.1 Å². The van der Waals surface area contributed by atoms with Crippen LogP contribution in [0.3, 0.4) is 0 Å². The second-order valence-electron chi connectivity index (χ2n) is 4.65. The van der Waals surface area contributed by atoms with Crippen molar-refractivity contribution in [3.8, 4) is 0 Å². The third-order valence-corrected chi connectivity index (χ3v) is 3.05. The van der Waals surface area contributed by atoms with Gasteiger partial charge in [0.1, 0.15) is 0 Å². The number of nitrogens with one attached hydrogen (secondary N) is 1. The molecule has 2 nitrogen and oxygen atoms in total. The number of halogens is 2. The monoisotopic (exact) mass is 277 g/mol. The molecule has 0 unspecified atom stereocenters. The maximum atomic E-state index is 13.9. The van der Waals surface area contributed by atoms with Gasteiger partial charge in [0.2, 0.25) is 0 Å². The molecule has 0 saturated heterocycles. The van der Waals surface area contributed by atoms with Crippen LogP contribution in [0.2, 0.25) is 0 Å². The van der Waals surface area contributed by atoms with Crippen molar-refractivity contribution in [1.82, 2.24) is 5.32 Å². The maximum Gasteiger partial charge on any atom is 0.285 e. The fourth-order valence-corrected chi connectivity index (χ4v) is 1.99. The number of benzene rings is 2. The van der Waals surface area contributed by atoms with Crippen LogP contribution in [0.5, 0.6) is 0 Å². The van der Waals surface area contributed by atoms with Crippen LogP contribution in [-0.2, 0) is 19.1 Å². The van der Waals surface area contributed by atoms with Crippen LogP contribution in [0.15, 0.2) is 54.6 Å². The number of hydrogen-bond acceptors (Lipinski definition) is 2. The van der Waals surface area contributed by atoms with E-state index in [1.165, 1.54) is 12.1 Å². The molecule has 2 aromatic rings. The Balaban J connectivity index is 1.92. The summed E-state index contributed by atoms with van der Waals surface area (Å²) in [5.74, 6) is -2.89. The molecule has 0 fully saturated rings. The van der Waals surface area contributed by atoms with Crippen LogP contribution in [0, 0.1) is 0 Å². The lowest BCUT2D eigenvalue weighted by atomic mass is 10.1. The quantitative estimate of drug-likeness (QED) is 0.850. The van der Waals surface area contributed by atoms with Crippen molar-refractivity contribution in [2.75, 3.05) is 6.54 Å². The molecule has 2 N–H and O–H groups in total. The summed E-state index contributed by atoms with van der Waals surface area (Å²) >= 11 is 0. The third-order valence-electron chi connectivity index (χ3n) is 3.05. The zero-order chi connectivity index (χ0) is 14.4. The lowest BCUT2D eigenvalue weighted by molar-refractivity contribution is -0.00343. The van der Waals surface area contributed by atoms with E-state index in [0.29, 0.717) is 6.54 Å². The number of rotatable bonds is 6. The van der Waals surface area contributed by atoms with Gasteiger partial charge in [0, 0.05) is 12.1 Å². The number of hydrogen-bond donors (Lipinski definition) is 2. The molecule has 0 amide bonds. The molecule has 0 aliphatic carbocycles. The molecule has 0 saturated carbocycles. The van der Waals surface area contributed by atoms with Crippen LogP contribution in [0.4, 0.5) is 8.78 Å². The lowest BCUT2D eigenvalue weighted by Crippen LogP contribution is -2.30. The standard InChI is InChI=1S/C16H17F2NO/c17-16(18,15-7-2-1-3-8-15)12-19-10-13-5-4-6-14(9-13)11-20/h1-9,19-20H,10-12H2. The van der Waals surface area contributed by atoms with Gasteiger partial charge in [-0.2, -0.15) is 8.78 Å². The van der Waals surface area contributed by atoms with E-state index in [1.54, 1.807) is 36.4 Å². The highest BCUT2D eigenvalue weighted by Crippen LogP contribution is 2.26. The van der Waals surface area contributed by atoms with E-state index in [-0.39, 0.29) is 12.2 Å². The van der Waals surface area contributed by atoms with Gasteiger partial charge < -0.3 is 10.4 Å². The van der Waals surface area contributed by atoms with Crippen molar-refractivity contribution in [2.45, 2.75) is 19.1 Å². The van der Waals surface area contributed by atoms with Gasteiger partial charge in [0.25, 0.3) is 5.92 Å². The van der Waals surface area contributed by atoms with E-state index in [2.05, 4.69) is 5.32 Å². The summed E-state index contributed by atoms with van der Waals surface area (Å²) in [6.07, 6.45) is 0. The van der Waals surface area contributed by atoms with Gasteiger partial charge >= 0.3 is 0 Å². The minimum Gasteiger partial charge on any atom is -0.392 e. The molecule has 0 aliphatic rings. The lowest BCUT2D eigenvalue weighted by Gasteiger charge is -2.17. The molecule has 0 bridgehead atoms. The zero-order valence-corrected chi connectivity index (χ0v) is 11.0. The van der Waals surface area contributed by atoms with Gasteiger partial charge in [0.05, 0.1) is 13.2 Å². The van der Waals surface area contributed by atoms with Crippen LogP contribution in [0.25, 0.3) is 0 Å². The molecule has 0 aromatic heterocycles. The molecule has 0 atom stereocenters. The zero-order valence-electron chi connectivity index (χ0n) is 11.0. The molecular formula is C16H17F2NO. The van der Waals surface area contributed by atoms with E-state index in [0.717, 1.165) is 11.1 Å². The van der Waals surface area contributed by atoms with Gasteiger partial charge in [0.15, 0.2) is 0 Å². The number of alkyl halides is 2. The van der Waals surface area contributed by atoms with E-state index >= 15 is 0 Å². The first-order chi connectivity index (χ1) is 9.62. The highest BCUT2D eigenvalue weighted by molar-refractivity contribution is 5.23. The third kappa shape index (κ3) is 3.85. The Morgan fingerprint density at radius 3 is 2.35 bits per heavy atom. The van der Waals surface area contributed by atoms with Crippen molar-refractivity contribution in [2.24, 2.45) is 0 Å². The smallest absolute Gasteiger partial charge is 0.285 e. The Kier molecular flexibility index (Phi) is 4.82. The van der Waals surface area contributed by atoms with Crippen LogP contribution in [-0.4, -0.2) is 11.7 Å². The minimum atomic E-state index is -2.89. The molecule has 0 radical (unpaired) electrons. The second-order valence-corrected chi connectivity index (χ2v) is 4.65. The van der Waals surface area contributed by atoms with E-state index in [1.807, 2.05) is 6.07 Å². The minimum absolute atomic E-state index is 0.0107. The highest BCUT2D eigenvalue weighted by Gasteiger charge is 2.30. The molecule has 4 heteroatoms. The summed E-state index contributed by atoms with van der Waals surface area (Å²) in [6, 6.07) is 15.0. The van der Waals surface area contributed by atoms with Crippen molar-refractivity contribution in [3.63, 3.8) is 0 Å².